The Morgan fingerprint density at radius 1 is 0.980 bits per heavy atom. The minimum atomic E-state index is -1.19. The number of anilines is 1. The highest BCUT2D eigenvalue weighted by atomic mass is 35.5. The summed E-state index contributed by atoms with van der Waals surface area (Å²) in [6.07, 6.45) is 5.48. The maximum absolute atomic E-state index is 11.7. The molecule has 1 aromatic heterocycles. The van der Waals surface area contributed by atoms with E-state index in [1.54, 1.807) is 25.1 Å². The molecule has 11 nitrogen and oxygen atoms in total. The summed E-state index contributed by atoms with van der Waals surface area (Å²) in [6, 6.07) is 18.7. The number of benzene rings is 3. The molecule has 2 atom stereocenters. The first-order valence-corrected chi connectivity index (χ1v) is 16.8. The Morgan fingerprint density at radius 2 is 1.76 bits per heavy atom. The largest absolute Gasteiger partial charge is 0.493 e. The van der Waals surface area contributed by atoms with Crippen molar-refractivity contribution in [2.24, 2.45) is 0 Å². The first kappa shape index (κ1) is 34.6. The number of imidazole rings is 1. The van der Waals surface area contributed by atoms with E-state index in [2.05, 4.69) is 4.90 Å². The van der Waals surface area contributed by atoms with Gasteiger partial charge in [-0.3, -0.25) is 9.59 Å². The van der Waals surface area contributed by atoms with Crippen LogP contribution in [0.25, 0.3) is 0 Å². The molecule has 2 fully saturated rings. The van der Waals surface area contributed by atoms with Gasteiger partial charge in [0.1, 0.15) is 43.9 Å². The highest BCUT2D eigenvalue weighted by molar-refractivity contribution is 6.35. The number of hydrogen-bond donors (Lipinski definition) is 0. The number of carbonyl (C=O) groups is 2. The average molecular weight is 711 g/mol. The fourth-order valence-electron chi connectivity index (χ4n) is 6.10. The van der Waals surface area contributed by atoms with Crippen molar-refractivity contribution in [2.45, 2.75) is 38.8 Å². The van der Waals surface area contributed by atoms with Gasteiger partial charge >= 0.3 is 5.97 Å². The van der Waals surface area contributed by atoms with Gasteiger partial charge in [-0.1, -0.05) is 35.3 Å². The summed E-state index contributed by atoms with van der Waals surface area (Å²) in [4.78, 5) is 27.2. The molecule has 6 rings (SSSR count). The summed E-state index contributed by atoms with van der Waals surface area (Å²) in [5.74, 6) is 0.0847. The molecule has 3 heterocycles. The molecule has 13 heteroatoms. The molecule has 2 aliphatic rings. The van der Waals surface area contributed by atoms with Gasteiger partial charge in [0.25, 0.3) is 0 Å². The number of amides is 1. The first-order valence-electron chi connectivity index (χ1n) is 16.0. The van der Waals surface area contributed by atoms with Crippen LogP contribution in [0.4, 0.5) is 5.69 Å². The van der Waals surface area contributed by atoms with Crippen LogP contribution in [0.5, 0.6) is 17.2 Å². The lowest BCUT2D eigenvalue weighted by atomic mass is 10.1. The zero-order valence-corrected chi connectivity index (χ0v) is 29.2. The van der Waals surface area contributed by atoms with Crippen LogP contribution in [0.15, 0.2) is 79.4 Å². The summed E-state index contributed by atoms with van der Waals surface area (Å²) >= 11 is 13.0. The van der Waals surface area contributed by atoms with Crippen LogP contribution in [0.2, 0.25) is 10.0 Å². The third-order valence-corrected chi connectivity index (χ3v) is 9.10. The number of halogens is 2. The van der Waals surface area contributed by atoms with E-state index in [0.29, 0.717) is 46.8 Å². The van der Waals surface area contributed by atoms with Crippen molar-refractivity contribution < 1.29 is 37.8 Å². The SMILES string of the molecule is COc1cc(C[n+]2ccn(C[C@]3(c4ccc(Cl)cc4Cl)OC[C@H](COc4ccc(N5CCN(C(C)=O)CC5)cc4)O3)c2)ccc1OC(C)=O. The number of aromatic nitrogens is 2. The van der Waals surface area contributed by atoms with Crippen LogP contribution < -0.4 is 23.7 Å². The fraction of sp³-hybridized carbons (Fsp3) is 0.361. The molecular weight excluding hydrogens is 671 g/mol. The molecule has 0 spiro atoms. The molecule has 0 saturated carbocycles. The molecular formula is C36H39Cl2N4O7+. The number of nitrogens with zero attached hydrogens (tertiary/aromatic N) is 4. The Labute approximate surface area is 295 Å². The van der Waals surface area contributed by atoms with E-state index >= 15 is 0 Å². The molecule has 0 aliphatic carbocycles. The van der Waals surface area contributed by atoms with Crippen LogP contribution in [-0.2, 0) is 37.9 Å². The van der Waals surface area contributed by atoms with Crippen molar-refractivity contribution in [2.75, 3.05) is 51.4 Å². The normalized spacial score (nSPS) is 19.2. The number of carbonyl (C=O) groups excluding carboxylic acids is 2. The Hall–Kier alpha value is -4.29. The lowest BCUT2D eigenvalue weighted by molar-refractivity contribution is -0.688. The minimum Gasteiger partial charge on any atom is -0.493 e. The van der Waals surface area contributed by atoms with Gasteiger partial charge in [-0.25, -0.2) is 9.13 Å². The molecule has 49 heavy (non-hydrogen) atoms. The summed E-state index contributed by atoms with van der Waals surface area (Å²) in [6.45, 7) is 7.43. The molecule has 3 aromatic carbocycles. The van der Waals surface area contributed by atoms with Crippen LogP contribution in [-0.4, -0.2) is 74.0 Å². The number of rotatable bonds is 11. The molecule has 2 saturated heterocycles. The molecule has 4 aromatic rings. The van der Waals surface area contributed by atoms with E-state index in [1.807, 2.05) is 75.2 Å². The fourth-order valence-corrected chi connectivity index (χ4v) is 6.66. The summed E-state index contributed by atoms with van der Waals surface area (Å²) in [7, 11) is 1.54. The van der Waals surface area contributed by atoms with Crippen LogP contribution in [0.1, 0.15) is 25.0 Å². The van der Waals surface area contributed by atoms with Crippen LogP contribution in [0, 0.1) is 0 Å². The molecule has 1 amide bonds. The predicted octanol–water partition coefficient (Wildman–Crippen LogP) is 5.08. The summed E-state index contributed by atoms with van der Waals surface area (Å²) in [5, 5.41) is 0.953. The van der Waals surface area contributed by atoms with E-state index in [1.165, 1.54) is 14.0 Å². The van der Waals surface area contributed by atoms with Gasteiger partial charge in [0.2, 0.25) is 18.0 Å². The third kappa shape index (κ3) is 8.30. The van der Waals surface area contributed by atoms with Crippen LogP contribution >= 0.6 is 23.2 Å². The maximum atomic E-state index is 11.7. The second kappa shape index (κ2) is 15.1. The van der Waals surface area contributed by atoms with Gasteiger partial charge in [0.15, 0.2) is 11.5 Å². The molecule has 0 radical (unpaired) electrons. The van der Waals surface area contributed by atoms with Crippen molar-refractivity contribution in [3.05, 3.63) is 101 Å². The molecule has 2 aliphatic heterocycles. The highest BCUT2D eigenvalue weighted by Crippen LogP contribution is 2.40. The summed E-state index contributed by atoms with van der Waals surface area (Å²) < 4.78 is 33.9. The highest BCUT2D eigenvalue weighted by Gasteiger charge is 2.47. The number of piperazine rings is 1. The van der Waals surface area contributed by atoms with Gasteiger partial charge in [0.05, 0.1) is 18.7 Å². The number of ether oxygens (including phenoxy) is 5. The van der Waals surface area contributed by atoms with Gasteiger partial charge in [-0.2, -0.15) is 0 Å². The second-order valence-corrected chi connectivity index (χ2v) is 12.9. The van der Waals surface area contributed by atoms with E-state index in [9.17, 15) is 9.59 Å². The lowest BCUT2D eigenvalue weighted by Gasteiger charge is -2.35. The van der Waals surface area contributed by atoms with Gasteiger partial charge in [0, 0.05) is 56.3 Å². The van der Waals surface area contributed by atoms with Crippen molar-refractivity contribution in [1.29, 1.82) is 0 Å². The monoisotopic (exact) mass is 709 g/mol. The zero-order valence-electron chi connectivity index (χ0n) is 27.6. The predicted molar refractivity (Wildman–Crippen MR) is 183 cm³/mol. The number of methoxy groups -OCH3 is 1. The molecule has 0 unspecified atom stereocenters. The number of hydrogen-bond acceptors (Lipinski definition) is 8. The summed E-state index contributed by atoms with van der Waals surface area (Å²) in [5.41, 5.74) is 2.72. The Morgan fingerprint density at radius 3 is 2.45 bits per heavy atom. The van der Waals surface area contributed by atoms with Gasteiger partial charge < -0.3 is 33.5 Å². The van der Waals surface area contributed by atoms with Crippen molar-refractivity contribution >= 4 is 40.8 Å². The standard InChI is InChI=1S/C36H39Cl2N4O7/c1-25(43)41-14-16-42(17-15-41)29-6-8-30(9-7-29)46-21-31-22-47-36(49-31,32-10-5-28(37)19-33(32)38)23-40-13-12-39(24-40)20-27-4-11-34(48-26(2)44)35(18-27)45-3/h4-13,18-19,24,31H,14-17,20-23H2,1-3H3/q+1/t31-,36-/m0/s1. The smallest absolute Gasteiger partial charge is 0.308 e. The molecule has 258 valence electrons. The van der Waals surface area contributed by atoms with E-state index < -0.39 is 11.8 Å². The Balaban J connectivity index is 1.12. The topological polar surface area (TPSA) is 95.6 Å². The zero-order chi connectivity index (χ0) is 34.5. The van der Waals surface area contributed by atoms with Crippen LogP contribution in [0.3, 0.4) is 0 Å². The van der Waals surface area contributed by atoms with E-state index in [-0.39, 0.29) is 18.6 Å². The average Bonchev–Trinajstić information content (AvgIpc) is 3.71. The third-order valence-electron chi connectivity index (χ3n) is 8.55. The Bertz CT molecular complexity index is 1790. The minimum absolute atomic E-state index is 0.114. The number of esters is 1. The van der Waals surface area contributed by atoms with Gasteiger partial charge in [-0.15, -0.1) is 0 Å². The second-order valence-electron chi connectivity index (χ2n) is 12.1. The van der Waals surface area contributed by atoms with E-state index in [4.69, 9.17) is 46.9 Å². The maximum Gasteiger partial charge on any atom is 0.308 e. The van der Waals surface area contributed by atoms with Crippen molar-refractivity contribution in [3.63, 3.8) is 0 Å². The quantitative estimate of drug-likeness (QED) is 0.121. The van der Waals surface area contributed by atoms with Crippen molar-refractivity contribution in [3.8, 4) is 17.2 Å². The molecule has 0 bridgehead atoms. The molecule has 0 N–H and O–H groups in total. The van der Waals surface area contributed by atoms with E-state index in [0.717, 1.165) is 43.2 Å². The lowest BCUT2D eigenvalue weighted by Crippen LogP contribution is -2.48. The first-order chi connectivity index (χ1) is 23.6. The van der Waals surface area contributed by atoms with Gasteiger partial charge in [-0.05, 0) is 54.1 Å². The Kier molecular flexibility index (Phi) is 10.6. The van der Waals surface area contributed by atoms with Crippen molar-refractivity contribution in [1.82, 2.24) is 9.47 Å².